The molecule has 1 aliphatic rings. The van der Waals surface area contributed by atoms with Crippen molar-refractivity contribution in [2.75, 3.05) is 5.32 Å². The zero-order chi connectivity index (χ0) is 13.1. The number of fused-ring (bicyclic) bond motifs is 1. The number of amides is 2. The minimum Gasteiger partial charge on any atom is -0.550 e. The third-order valence-corrected chi connectivity index (χ3v) is 2.69. The fourth-order valence-electron chi connectivity index (χ4n) is 1.78. The maximum atomic E-state index is 11.8. The molecule has 6 nitrogen and oxygen atoms in total. The van der Waals surface area contributed by atoms with Crippen molar-refractivity contribution in [2.24, 2.45) is 0 Å². The molecule has 1 atom stereocenters. The second-order valence-corrected chi connectivity index (χ2v) is 3.97. The van der Waals surface area contributed by atoms with Crippen molar-refractivity contribution in [1.82, 2.24) is 5.32 Å². The lowest BCUT2D eigenvalue weighted by atomic mass is 10.1. The van der Waals surface area contributed by atoms with Crippen LogP contribution in [0.4, 0.5) is 5.69 Å². The molecule has 1 heterocycles. The van der Waals surface area contributed by atoms with Crippen LogP contribution in [0.5, 0.6) is 0 Å². The van der Waals surface area contributed by atoms with E-state index in [4.69, 9.17) is 0 Å². The van der Waals surface area contributed by atoms with Gasteiger partial charge in [-0.25, -0.2) is 0 Å². The predicted octanol–water partition coefficient (Wildman–Crippen LogP) is -0.733. The first-order valence-corrected chi connectivity index (χ1v) is 5.48. The summed E-state index contributed by atoms with van der Waals surface area (Å²) in [4.78, 5) is 34.0. The van der Waals surface area contributed by atoms with Gasteiger partial charge in [0.15, 0.2) is 0 Å². The van der Waals surface area contributed by atoms with E-state index in [1.807, 2.05) is 0 Å². The monoisotopic (exact) mass is 247 g/mol. The standard InChI is InChI=1S/C12H12N2O4/c15-10(16)6-5-9-12(18)13-8-4-2-1-3-7(8)11(17)14-9/h1-4,9H,5-6H2,(H,13,18)(H,14,17)(H,15,16)/p-1/t9-/m1/s1. The fraction of sp³-hybridized carbons (Fsp3) is 0.250. The Morgan fingerprint density at radius 2 is 2.00 bits per heavy atom. The largest absolute Gasteiger partial charge is 0.550 e. The molecule has 2 N–H and O–H groups in total. The second-order valence-electron chi connectivity index (χ2n) is 3.97. The van der Waals surface area contributed by atoms with Gasteiger partial charge in [0, 0.05) is 5.97 Å². The third-order valence-electron chi connectivity index (χ3n) is 2.69. The molecular formula is C12H11N2O4-. The predicted molar refractivity (Wildman–Crippen MR) is 60.6 cm³/mol. The van der Waals surface area contributed by atoms with E-state index >= 15 is 0 Å². The quantitative estimate of drug-likeness (QED) is 0.735. The minimum absolute atomic E-state index is 0.00783. The first-order chi connectivity index (χ1) is 8.58. The summed E-state index contributed by atoms with van der Waals surface area (Å²) in [5, 5.41) is 15.5. The SMILES string of the molecule is O=C([O-])CC[C@H]1NC(=O)c2ccccc2NC1=O. The van der Waals surface area contributed by atoms with Gasteiger partial charge >= 0.3 is 0 Å². The molecule has 18 heavy (non-hydrogen) atoms. The number of carboxylic acid groups (broad SMARTS) is 1. The molecule has 94 valence electrons. The molecule has 0 radical (unpaired) electrons. The maximum absolute atomic E-state index is 11.8. The summed E-state index contributed by atoms with van der Waals surface area (Å²) >= 11 is 0. The first-order valence-electron chi connectivity index (χ1n) is 5.48. The van der Waals surface area contributed by atoms with Crippen LogP contribution < -0.4 is 15.7 Å². The van der Waals surface area contributed by atoms with Gasteiger partial charge in [-0.15, -0.1) is 0 Å². The molecule has 1 aliphatic heterocycles. The highest BCUT2D eigenvalue weighted by molar-refractivity contribution is 6.09. The fourth-order valence-corrected chi connectivity index (χ4v) is 1.78. The van der Waals surface area contributed by atoms with E-state index in [0.29, 0.717) is 11.3 Å². The third kappa shape index (κ3) is 2.48. The number of carbonyl (C=O) groups excluding carboxylic acids is 3. The normalized spacial score (nSPS) is 18.3. The smallest absolute Gasteiger partial charge is 0.254 e. The number of hydrogen-bond acceptors (Lipinski definition) is 4. The summed E-state index contributed by atoms with van der Waals surface area (Å²) in [5.74, 6) is -2.07. The van der Waals surface area contributed by atoms with E-state index in [9.17, 15) is 19.5 Å². The highest BCUT2D eigenvalue weighted by Gasteiger charge is 2.26. The Hall–Kier alpha value is -2.37. The molecular weight excluding hydrogens is 236 g/mol. The van der Waals surface area contributed by atoms with Gasteiger partial charge in [-0.05, 0) is 25.0 Å². The number of nitrogens with one attached hydrogen (secondary N) is 2. The average molecular weight is 247 g/mol. The van der Waals surface area contributed by atoms with Crippen LogP contribution in [0.3, 0.4) is 0 Å². The number of anilines is 1. The molecule has 2 rings (SSSR count). The van der Waals surface area contributed by atoms with Crippen molar-refractivity contribution >= 4 is 23.5 Å². The Kier molecular flexibility index (Phi) is 3.27. The van der Waals surface area contributed by atoms with Crippen molar-refractivity contribution in [3.63, 3.8) is 0 Å². The number of hydrogen-bond donors (Lipinski definition) is 2. The van der Waals surface area contributed by atoms with Crippen molar-refractivity contribution in [3.8, 4) is 0 Å². The van der Waals surface area contributed by atoms with Gasteiger partial charge in [0.1, 0.15) is 6.04 Å². The number of benzene rings is 1. The van der Waals surface area contributed by atoms with E-state index in [0.717, 1.165) is 0 Å². The van der Waals surface area contributed by atoms with Gasteiger partial charge in [-0.1, -0.05) is 12.1 Å². The van der Waals surface area contributed by atoms with Gasteiger partial charge in [-0.3, -0.25) is 9.59 Å². The molecule has 0 saturated heterocycles. The molecule has 0 bridgehead atoms. The zero-order valence-corrected chi connectivity index (χ0v) is 9.43. The molecule has 2 amide bonds. The van der Waals surface area contributed by atoms with Crippen molar-refractivity contribution in [2.45, 2.75) is 18.9 Å². The van der Waals surface area contributed by atoms with Crippen LogP contribution in [-0.2, 0) is 9.59 Å². The van der Waals surface area contributed by atoms with Gasteiger partial charge < -0.3 is 20.5 Å². The minimum atomic E-state index is -1.25. The molecule has 6 heteroatoms. The average Bonchev–Trinajstić information content (AvgIpc) is 2.45. The van der Waals surface area contributed by atoms with Crippen molar-refractivity contribution in [3.05, 3.63) is 29.8 Å². The van der Waals surface area contributed by atoms with E-state index in [1.165, 1.54) is 0 Å². The summed E-state index contributed by atoms with van der Waals surface area (Å²) in [5.41, 5.74) is 0.790. The molecule has 1 aromatic carbocycles. The Labute approximate surface area is 103 Å². The van der Waals surface area contributed by atoms with E-state index in [1.54, 1.807) is 24.3 Å². The van der Waals surface area contributed by atoms with E-state index < -0.39 is 23.8 Å². The highest BCUT2D eigenvalue weighted by Crippen LogP contribution is 2.18. The Morgan fingerprint density at radius 1 is 1.28 bits per heavy atom. The molecule has 0 fully saturated rings. The molecule has 1 aromatic rings. The van der Waals surface area contributed by atoms with Crippen LogP contribution in [0, 0.1) is 0 Å². The molecule has 0 saturated carbocycles. The lowest BCUT2D eigenvalue weighted by Gasteiger charge is -2.14. The number of aliphatic carboxylic acids is 1. The van der Waals surface area contributed by atoms with E-state index in [2.05, 4.69) is 10.6 Å². The summed E-state index contributed by atoms with van der Waals surface area (Å²) in [6.45, 7) is 0. The molecule has 0 spiro atoms. The second kappa shape index (κ2) is 4.87. The highest BCUT2D eigenvalue weighted by atomic mass is 16.4. The Bertz CT molecular complexity index is 513. The summed E-state index contributed by atoms with van der Waals surface area (Å²) < 4.78 is 0. The van der Waals surface area contributed by atoms with Crippen LogP contribution in [0.15, 0.2) is 24.3 Å². The van der Waals surface area contributed by atoms with Crippen molar-refractivity contribution < 1.29 is 19.5 Å². The molecule has 0 aliphatic carbocycles. The van der Waals surface area contributed by atoms with Crippen LogP contribution >= 0.6 is 0 Å². The van der Waals surface area contributed by atoms with Crippen LogP contribution in [0.2, 0.25) is 0 Å². The first kappa shape index (κ1) is 12.1. The zero-order valence-electron chi connectivity index (χ0n) is 9.43. The number of carbonyl (C=O) groups is 3. The van der Waals surface area contributed by atoms with Gasteiger partial charge in [0.2, 0.25) is 5.91 Å². The van der Waals surface area contributed by atoms with Gasteiger partial charge in [-0.2, -0.15) is 0 Å². The Balaban J connectivity index is 2.19. The summed E-state index contributed by atoms with van der Waals surface area (Å²) in [6.07, 6.45) is -0.275. The van der Waals surface area contributed by atoms with Crippen LogP contribution in [0.1, 0.15) is 23.2 Å². The van der Waals surface area contributed by atoms with Crippen molar-refractivity contribution in [1.29, 1.82) is 0 Å². The molecule has 0 unspecified atom stereocenters. The summed E-state index contributed by atoms with van der Waals surface area (Å²) in [6, 6.07) is 5.74. The molecule has 0 aromatic heterocycles. The maximum Gasteiger partial charge on any atom is 0.254 e. The topological polar surface area (TPSA) is 98.3 Å². The van der Waals surface area contributed by atoms with Gasteiger partial charge in [0.05, 0.1) is 11.3 Å². The van der Waals surface area contributed by atoms with Crippen LogP contribution in [0.25, 0.3) is 0 Å². The lowest BCUT2D eigenvalue weighted by molar-refractivity contribution is -0.305. The number of carboxylic acids is 1. The number of para-hydroxylation sites is 1. The summed E-state index contributed by atoms with van der Waals surface area (Å²) in [7, 11) is 0. The number of rotatable bonds is 3. The lowest BCUT2D eigenvalue weighted by Crippen LogP contribution is -2.42. The van der Waals surface area contributed by atoms with Crippen LogP contribution in [-0.4, -0.2) is 23.8 Å². The van der Waals surface area contributed by atoms with E-state index in [-0.39, 0.29) is 12.8 Å². The van der Waals surface area contributed by atoms with Gasteiger partial charge in [0.25, 0.3) is 5.91 Å². The Morgan fingerprint density at radius 3 is 2.72 bits per heavy atom.